The number of rotatable bonds is 4. The Morgan fingerprint density at radius 2 is 2.00 bits per heavy atom. The second-order valence-corrected chi connectivity index (χ2v) is 5.97. The molecule has 2 saturated heterocycles. The van der Waals surface area contributed by atoms with Crippen molar-refractivity contribution in [3.8, 4) is 0 Å². The van der Waals surface area contributed by atoms with E-state index >= 15 is 0 Å². The number of hydrogen-bond acceptors (Lipinski definition) is 4. The summed E-state index contributed by atoms with van der Waals surface area (Å²) < 4.78 is 5.63. The zero-order valence-electron chi connectivity index (χ0n) is 12.1. The maximum absolute atomic E-state index is 12.1. The average Bonchev–Trinajstić information content (AvgIpc) is 2.88. The fourth-order valence-corrected chi connectivity index (χ4v) is 2.93. The second kappa shape index (κ2) is 6.68. The van der Waals surface area contributed by atoms with E-state index in [1.807, 2.05) is 0 Å². The summed E-state index contributed by atoms with van der Waals surface area (Å²) in [7, 11) is 0. The number of nitrogens with two attached hydrogens (primary N) is 1. The number of carbonyl (C=O) groups is 1. The smallest absolute Gasteiger partial charge is 0.249 e. The molecular weight excluding hydrogens is 242 g/mol. The Balaban J connectivity index is 1.72. The van der Waals surface area contributed by atoms with Gasteiger partial charge in [-0.3, -0.25) is 4.79 Å². The molecule has 0 aromatic rings. The summed E-state index contributed by atoms with van der Waals surface area (Å²) in [6.07, 6.45) is 3.57. The predicted molar refractivity (Wildman–Crippen MR) is 74.8 cm³/mol. The highest BCUT2D eigenvalue weighted by Gasteiger charge is 2.31. The molecule has 2 unspecified atom stereocenters. The number of nitrogens with one attached hydrogen (secondary N) is 1. The minimum Gasteiger partial charge on any atom is -0.364 e. The van der Waals surface area contributed by atoms with Crippen LogP contribution in [0.4, 0.5) is 0 Å². The highest BCUT2D eigenvalue weighted by atomic mass is 16.5. The average molecular weight is 269 g/mol. The van der Waals surface area contributed by atoms with Crippen molar-refractivity contribution in [2.45, 2.75) is 63.8 Å². The van der Waals surface area contributed by atoms with Gasteiger partial charge >= 0.3 is 0 Å². The first-order valence-electron chi connectivity index (χ1n) is 7.50. The van der Waals surface area contributed by atoms with Gasteiger partial charge in [-0.05, 0) is 39.5 Å². The lowest BCUT2D eigenvalue weighted by Crippen LogP contribution is -2.49. The summed E-state index contributed by atoms with van der Waals surface area (Å²) >= 11 is 0. The maximum Gasteiger partial charge on any atom is 0.249 e. The van der Waals surface area contributed by atoms with Gasteiger partial charge in [0.05, 0.1) is 6.10 Å². The summed E-state index contributed by atoms with van der Waals surface area (Å²) in [5.41, 5.74) is 5.56. The Bertz CT molecular complexity index is 301. The van der Waals surface area contributed by atoms with Crippen molar-refractivity contribution in [3.63, 3.8) is 0 Å². The summed E-state index contributed by atoms with van der Waals surface area (Å²) in [4.78, 5) is 14.6. The van der Waals surface area contributed by atoms with Crippen LogP contribution in [0.25, 0.3) is 0 Å². The van der Waals surface area contributed by atoms with Crippen LogP contribution in [0.1, 0.15) is 39.5 Å². The van der Waals surface area contributed by atoms with Crippen LogP contribution in [-0.2, 0) is 9.53 Å². The number of likely N-dealkylation sites (tertiary alicyclic amines) is 1. The highest BCUT2D eigenvalue weighted by Crippen LogP contribution is 2.20. The molecule has 3 N–H and O–H groups in total. The van der Waals surface area contributed by atoms with E-state index in [4.69, 9.17) is 10.5 Å². The third-order valence-corrected chi connectivity index (χ3v) is 4.27. The van der Waals surface area contributed by atoms with Crippen molar-refractivity contribution >= 4 is 5.91 Å². The minimum absolute atomic E-state index is 0.0546. The van der Waals surface area contributed by atoms with Gasteiger partial charge in [0.15, 0.2) is 0 Å². The summed E-state index contributed by atoms with van der Waals surface area (Å²) in [5.74, 6) is 0.0546. The lowest BCUT2D eigenvalue weighted by Gasteiger charge is -2.35. The Hall–Kier alpha value is -0.650. The minimum atomic E-state index is -0.281. The number of amides is 1. The molecule has 5 nitrogen and oxygen atoms in total. The fraction of sp³-hybridized carbons (Fsp3) is 0.929. The van der Waals surface area contributed by atoms with Crippen LogP contribution in [0, 0.1) is 0 Å². The molecule has 0 bridgehead atoms. The predicted octanol–water partition coefficient (Wildman–Crippen LogP) is 0.482. The molecule has 110 valence electrons. The Kier molecular flexibility index (Phi) is 5.19. The molecule has 5 heteroatoms. The summed E-state index contributed by atoms with van der Waals surface area (Å²) in [6, 6.07) is 0.906. The molecule has 0 aromatic heterocycles. The van der Waals surface area contributed by atoms with E-state index < -0.39 is 0 Å². The zero-order valence-corrected chi connectivity index (χ0v) is 12.1. The van der Waals surface area contributed by atoms with Crippen LogP contribution in [0.15, 0.2) is 0 Å². The highest BCUT2D eigenvalue weighted by molar-refractivity contribution is 5.81. The molecule has 0 aromatic carbocycles. The van der Waals surface area contributed by atoms with Crippen molar-refractivity contribution in [1.29, 1.82) is 0 Å². The van der Waals surface area contributed by atoms with E-state index in [9.17, 15) is 4.79 Å². The normalized spacial score (nSPS) is 29.9. The van der Waals surface area contributed by atoms with Crippen LogP contribution in [0.5, 0.6) is 0 Å². The van der Waals surface area contributed by atoms with E-state index in [2.05, 4.69) is 24.1 Å². The van der Waals surface area contributed by atoms with Gasteiger partial charge in [0.1, 0.15) is 6.10 Å². The molecule has 2 aliphatic heterocycles. The molecule has 1 amide bonds. The fourth-order valence-electron chi connectivity index (χ4n) is 2.93. The molecule has 0 spiro atoms. The lowest BCUT2D eigenvalue weighted by atomic mass is 10.0. The van der Waals surface area contributed by atoms with E-state index in [0.717, 1.165) is 38.8 Å². The van der Waals surface area contributed by atoms with Gasteiger partial charge in [0.25, 0.3) is 0 Å². The standard InChI is InChI=1S/C14H27N3O2/c1-10(2)17-7-5-11(6-8-17)16-14(18)13-4-3-12(9-15)19-13/h10-13H,3-9,15H2,1-2H3,(H,16,18). The van der Waals surface area contributed by atoms with Crippen LogP contribution >= 0.6 is 0 Å². The lowest BCUT2D eigenvalue weighted by molar-refractivity contribution is -0.132. The van der Waals surface area contributed by atoms with Crippen molar-refractivity contribution in [2.24, 2.45) is 5.73 Å². The van der Waals surface area contributed by atoms with Crippen molar-refractivity contribution in [2.75, 3.05) is 19.6 Å². The number of piperidine rings is 1. The molecule has 2 atom stereocenters. The van der Waals surface area contributed by atoms with Gasteiger partial charge < -0.3 is 20.7 Å². The first-order chi connectivity index (χ1) is 9.10. The molecule has 0 aliphatic carbocycles. The second-order valence-electron chi connectivity index (χ2n) is 5.97. The summed E-state index contributed by atoms with van der Waals surface area (Å²) in [6.45, 7) is 7.09. The maximum atomic E-state index is 12.1. The van der Waals surface area contributed by atoms with Gasteiger partial charge in [-0.1, -0.05) is 0 Å². The zero-order chi connectivity index (χ0) is 13.8. The Morgan fingerprint density at radius 3 is 2.53 bits per heavy atom. The molecule has 2 rings (SSSR count). The van der Waals surface area contributed by atoms with Gasteiger partial charge in [-0.15, -0.1) is 0 Å². The van der Waals surface area contributed by atoms with Crippen molar-refractivity contribution < 1.29 is 9.53 Å². The van der Waals surface area contributed by atoms with Crippen molar-refractivity contribution in [3.05, 3.63) is 0 Å². The third-order valence-electron chi connectivity index (χ3n) is 4.27. The van der Waals surface area contributed by atoms with Gasteiger partial charge in [-0.2, -0.15) is 0 Å². The third kappa shape index (κ3) is 3.91. The monoisotopic (exact) mass is 269 g/mol. The topological polar surface area (TPSA) is 67.6 Å². The first-order valence-corrected chi connectivity index (χ1v) is 7.50. The molecule has 2 fully saturated rings. The van der Waals surface area contributed by atoms with Crippen LogP contribution in [0.3, 0.4) is 0 Å². The van der Waals surface area contributed by atoms with Crippen LogP contribution < -0.4 is 11.1 Å². The number of nitrogens with zero attached hydrogens (tertiary/aromatic N) is 1. The quantitative estimate of drug-likeness (QED) is 0.779. The van der Waals surface area contributed by atoms with E-state index in [0.29, 0.717) is 18.6 Å². The Labute approximate surface area is 115 Å². The van der Waals surface area contributed by atoms with Gasteiger partial charge in [-0.25, -0.2) is 0 Å². The van der Waals surface area contributed by atoms with Crippen LogP contribution in [0.2, 0.25) is 0 Å². The largest absolute Gasteiger partial charge is 0.364 e. The van der Waals surface area contributed by atoms with E-state index in [-0.39, 0.29) is 18.1 Å². The van der Waals surface area contributed by atoms with Crippen molar-refractivity contribution in [1.82, 2.24) is 10.2 Å². The molecule has 0 radical (unpaired) electrons. The Morgan fingerprint density at radius 1 is 1.32 bits per heavy atom. The first kappa shape index (κ1) is 14.8. The summed E-state index contributed by atoms with van der Waals surface area (Å²) in [5, 5.41) is 3.13. The number of carbonyl (C=O) groups excluding carboxylic acids is 1. The molecule has 19 heavy (non-hydrogen) atoms. The van der Waals surface area contributed by atoms with Crippen LogP contribution in [-0.4, -0.2) is 54.7 Å². The number of hydrogen-bond donors (Lipinski definition) is 2. The van der Waals surface area contributed by atoms with E-state index in [1.165, 1.54) is 0 Å². The van der Waals surface area contributed by atoms with Gasteiger partial charge in [0.2, 0.25) is 5.91 Å². The molecule has 2 aliphatic rings. The van der Waals surface area contributed by atoms with Gasteiger partial charge in [0, 0.05) is 31.7 Å². The molecular formula is C14H27N3O2. The molecule has 2 heterocycles. The van der Waals surface area contributed by atoms with E-state index in [1.54, 1.807) is 0 Å². The molecule has 0 saturated carbocycles. The number of ether oxygens (including phenoxy) is 1. The SMILES string of the molecule is CC(C)N1CCC(NC(=O)C2CCC(CN)O2)CC1.